The van der Waals surface area contributed by atoms with E-state index in [1.165, 1.54) is 16.7 Å². The Labute approximate surface area is 172 Å². The molecule has 29 heavy (non-hydrogen) atoms. The molecule has 2 N–H and O–H groups in total. The van der Waals surface area contributed by atoms with Crippen molar-refractivity contribution in [1.82, 2.24) is 10.2 Å². The molecule has 152 valence electrons. The van der Waals surface area contributed by atoms with E-state index < -0.39 is 0 Å². The number of nitrogens with zero attached hydrogens (tertiary/aromatic N) is 1. The fourth-order valence-corrected chi connectivity index (χ4v) is 4.28. The Bertz CT molecular complexity index is 870. The highest BCUT2D eigenvalue weighted by atomic mass is 16.2. The number of hydrogen-bond donors (Lipinski definition) is 2. The second-order valence-electron chi connectivity index (χ2n) is 8.05. The van der Waals surface area contributed by atoms with E-state index in [1.54, 1.807) is 0 Å². The van der Waals surface area contributed by atoms with E-state index in [1.807, 2.05) is 41.3 Å². The summed E-state index contributed by atoms with van der Waals surface area (Å²) in [6.45, 7) is 4.14. The maximum Gasteiger partial charge on any atom is 0.240 e. The number of likely N-dealkylation sites (tertiary alicyclic amines) is 1. The minimum atomic E-state index is -0.160. The molecule has 5 nitrogen and oxygen atoms in total. The summed E-state index contributed by atoms with van der Waals surface area (Å²) in [5, 5.41) is 6.40. The van der Waals surface area contributed by atoms with Gasteiger partial charge in [-0.05, 0) is 54.5 Å². The molecule has 1 atom stereocenters. The van der Waals surface area contributed by atoms with Crippen LogP contribution in [-0.2, 0) is 29.0 Å². The van der Waals surface area contributed by atoms with E-state index >= 15 is 0 Å². The molecule has 0 aliphatic carbocycles. The average Bonchev–Trinajstić information content (AvgIpc) is 2.79. The molecule has 0 bridgehead atoms. The highest BCUT2D eigenvalue weighted by Crippen LogP contribution is 2.23. The first kappa shape index (κ1) is 19.6. The molecule has 2 amide bonds. The molecule has 1 saturated heterocycles. The van der Waals surface area contributed by atoms with Crippen molar-refractivity contribution in [3.63, 3.8) is 0 Å². The van der Waals surface area contributed by atoms with E-state index in [4.69, 9.17) is 0 Å². The molecular weight excluding hydrogens is 362 g/mol. The van der Waals surface area contributed by atoms with Crippen LogP contribution in [0, 0.1) is 5.92 Å². The van der Waals surface area contributed by atoms with Crippen LogP contribution in [0.3, 0.4) is 0 Å². The maximum atomic E-state index is 13.0. The number of anilines is 1. The van der Waals surface area contributed by atoms with E-state index in [0.717, 1.165) is 25.1 Å². The van der Waals surface area contributed by atoms with Gasteiger partial charge in [-0.15, -0.1) is 0 Å². The summed E-state index contributed by atoms with van der Waals surface area (Å²) in [6, 6.07) is 16.2. The number of carbonyl (C=O) groups excluding carboxylic acids is 2. The van der Waals surface area contributed by atoms with Gasteiger partial charge in [-0.2, -0.15) is 0 Å². The molecule has 1 fully saturated rings. The van der Waals surface area contributed by atoms with Crippen molar-refractivity contribution in [2.24, 2.45) is 5.92 Å². The monoisotopic (exact) mass is 391 g/mol. The Morgan fingerprint density at radius 2 is 1.72 bits per heavy atom. The van der Waals surface area contributed by atoms with E-state index in [9.17, 15) is 9.59 Å². The van der Waals surface area contributed by atoms with Crippen molar-refractivity contribution in [1.29, 1.82) is 0 Å². The number of piperidine rings is 1. The topological polar surface area (TPSA) is 61.4 Å². The molecule has 2 aliphatic heterocycles. The molecule has 5 heteroatoms. The molecule has 0 aromatic heterocycles. The third-order valence-electron chi connectivity index (χ3n) is 6.19. The zero-order valence-corrected chi connectivity index (χ0v) is 17.0. The Morgan fingerprint density at radius 3 is 2.41 bits per heavy atom. The number of rotatable bonds is 4. The van der Waals surface area contributed by atoms with Gasteiger partial charge >= 0.3 is 0 Å². The average molecular weight is 392 g/mol. The fraction of sp³-hybridized carbons (Fsp3) is 0.417. The number of carbonyl (C=O) groups is 2. The van der Waals surface area contributed by atoms with Crippen molar-refractivity contribution in [3.8, 4) is 0 Å². The second kappa shape index (κ2) is 8.78. The summed E-state index contributed by atoms with van der Waals surface area (Å²) in [5.74, 6) is 0.185. The van der Waals surface area contributed by atoms with E-state index in [2.05, 4.69) is 29.7 Å². The molecule has 2 heterocycles. The lowest BCUT2D eigenvalue weighted by Gasteiger charge is -2.35. The van der Waals surface area contributed by atoms with Crippen LogP contribution < -0.4 is 10.6 Å². The highest BCUT2D eigenvalue weighted by Gasteiger charge is 2.32. The number of amides is 2. The van der Waals surface area contributed by atoms with Gasteiger partial charge in [-0.3, -0.25) is 9.59 Å². The number of benzene rings is 2. The van der Waals surface area contributed by atoms with E-state index in [0.29, 0.717) is 25.9 Å². The fourth-order valence-electron chi connectivity index (χ4n) is 4.28. The summed E-state index contributed by atoms with van der Waals surface area (Å²) in [6.07, 6.45) is 3.16. The van der Waals surface area contributed by atoms with Crippen LogP contribution in [0.1, 0.15) is 36.5 Å². The Kier molecular flexibility index (Phi) is 5.95. The first-order chi connectivity index (χ1) is 14.1. The number of aryl methyl sites for hydroxylation is 1. The lowest BCUT2D eigenvalue weighted by molar-refractivity contribution is -0.136. The Balaban J connectivity index is 1.28. The van der Waals surface area contributed by atoms with Gasteiger partial charge in [-0.1, -0.05) is 43.3 Å². The molecule has 2 aromatic carbocycles. The molecular formula is C24H29N3O2. The predicted molar refractivity (Wildman–Crippen MR) is 115 cm³/mol. The first-order valence-electron chi connectivity index (χ1n) is 10.6. The van der Waals surface area contributed by atoms with Crippen LogP contribution in [0.15, 0.2) is 48.5 Å². The SMILES string of the molecule is CCc1ccc(NC(=O)C2CCN(C(=O)[C@@H]3Cc4ccccc4CN3)CC2)cc1. The third kappa shape index (κ3) is 4.51. The van der Waals surface area contributed by atoms with Crippen LogP contribution >= 0.6 is 0 Å². The molecule has 2 aromatic rings. The highest BCUT2D eigenvalue weighted by molar-refractivity contribution is 5.92. The maximum absolute atomic E-state index is 13.0. The predicted octanol–water partition coefficient (Wildman–Crippen LogP) is 3.14. The van der Waals surface area contributed by atoms with Gasteiger partial charge < -0.3 is 15.5 Å². The first-order valence-corrected chi connectivity index (χ1v) is 10.6. The summed E-state index contributed by atoms with van der Waals surface area (Å²) in [7, 11) is 0. The number of hydrogen-bond acceptors (Lipinski definition) is 3. The van der Waals surface area contributed by atoms with Crippen molar-refractivity contribution in [2.45, 2.75) is 45.2 Å². The minimum Gasteiger partial charge on any atom is -0.341 e. The smallest absolute Gasteiger partial charge is 0.240 e. The van der Waals surface area contributed by atoms with Crippen LogP contribution in [-0.4, -0.2) is 35.8 Å². The quantitative estimate of drug-likeness (QED) is 0.842. The summed E-state index contributed by atoms with van der Waals surface area (Å²) < 4.78 is 0. The molecule has 2 aliphatic rings. The van der Waals surface area contributed by atoms with Gasteiger partial charge in [0.25, 0.3) is 0 Å². The van der Waals surface area contributed by atoms with Crippen LogP contribution in [0.5, 0.6) is 0 Å². The van der Waals surface area contributed by atoms with Crippen LogP contribution in [0.2, 0.25) is 0 Å². The Hall–Kier alpha value is -2.66. The largest absolute Gasteiger partial charge is 0.341 e. The third-order valence-corrected chi connectivity index (χ3v) is 6.19. The van der Waals surface area contributed by atoms with Gasteiger partial charge in [0, 0.05) is 31.2 Å². The molecule has 4 rings (SSSR count). The zero-order valence-electron chi connectivity index (χ0n) is 17.0. The second-order valence-corrected chi connectivity index (χ2v) is 8.05. The van der Waals surface area contributed by atoms with Gasteiger partial charge in [-0.25, -0.2) is 0 Å². The van der Waals surface area contributed by atoms with Gasteiger partial charge in [0.15, 0.2) is 0 Å². The van der Waals surface area contributed by atoms with Crippen molar-refractivity contribution in [3.05, 3.63) is 65.2 Å². The van der Waals surface area contributed by atoms with Crippen LogP contribution in [0.4, 0.5) is 5.69 Å². The molecule has 0 saturated carbocycles. The van der Waals surface area contributed by atoms with Gasteiger partial charge in [0.05, 0.1) is 6.04 Å². The lowest BCUT2D eigenvalue weighted by Crippen LogP contribution is -2.52. The van der Waals surface area contributed by atoms with Crippen molar-refractivity contribution in [2.75, 3.05) is 18.4 Å². The summed E-state index contributed by atoms with van der Waals surface area (Å²) in [5.41, 5.74) is 4.64. The van der Waals surface area contributed by atoms with E-state index in [-0.39, 0.29) is 23.8 Å². The number of fused-ring (bicyclic) bond motifs is 1. The van der Waals surface area contributed by atoms with Crippen molar-refractivity contribution >= 4 is 17.5 Å². The minimum absolute atomic E-state index is 0.0371. The molecule has 0 radical (unpaired) electrons. The molecule has 0 spiro atoms. The summed E-state index contributed by atoms with van der Waals surface area (Å²) >= 11 is 0. The normalized spacial score (nSPS) is 19.5. The lowest BCUT2D eigenvalue weighted by atomic mass is 9.92. The van der Waals surface area contributed by atoms with Gasteiger partial charge in [0.2, 0.25) is 11.8 Å². The van der Waals surface area contributed by atoms with Crippen LogP contribution in [0.25, 0.3) is 0 Å². The summed E-state index contributed by atoms with van der Waals surface area (Å²) in [4.78, 5) is 27.5. The Morgan fingerprint density at radius 1 is 1.03 bits per heavy atom. The zero-order chi connectivity index (χ0) is 20.2. The standard InChI is InChI=1S/C24H29N3O2/c1-2-17-7-9-21(10-8-17)26-23(28)18-11-13-27(14-12-18)24(29)22-15-19-5-3-4-6-20(19)16-25-22/h3-10,18,22,25H,2,11-16H2,1H3,(H,26,28)/t22-/m0/s1. The van der Waals surface area contributed by atoms with Gasteiger partial charge in [0.1, 0.15) is 0 Å². The molecule has 0 unspecified atom stereocenters. The number of nitrogens with one attached hydrogen (secondary N) is 2. The van der Waals surface area contributed by atoms with Crippen molar-refractivity contribution < 1.29 is 9.59 Å².